The Morgan fingerprint density at radius 2 is 2.11 bits per heavy atom. The Balaban J connectivity index is 2.34. The van der Waals surface area contributed by atoms with Gasteiger partial charge in [0.05, 0.1) is 22.0 Å². The van der Waals surface area contributed by atoms with Crippen LogP contribution in [0.5, 0.6) is 0 Å². The summed E-state index contributed by atoms with van der Waals surface area (Å²) < 4.78 is 13.6. The molecule has 19 heavy (non-hydrogen) atoms. The van der Waals surface area contributed by atoms with Crippen LogP contribution in [0, 0.1) is 12.7 Å². The number of hydrogen-bond acceptors (Lipinski definition) is 3. The Morgan fingerprint density at radius 3 is 2.68 bits per heavy atom. The van der Waals surface area contributed by atoms with Gasteiger partial charge in [0.25, 0.3) is 0 Å². The summed E-state index contributed by atoms with van der Waals surface area (Å²) in [6.45, 7) is 1.57. The first-order chi connectivity index (χ1) is 8.99. The largest absolute Gasteiger partial charge is 0.478 e. The van der Waals surface area contributed by atoms with E-state index in [2.05, 4.69) is 10.3 Å². The predicted octanol–water partition coefficient (Wildman–Crippen LogP) is 3.62. The van der Waals surface area contributed by atoms with Gasteiger partial charge in [0.2, 0.25) is 0 Å². The minimum atomic E-state index is -1.06. The smallest absolute Gasteiger partial charge is 0.337 e. The number of hydrogen-bond donors (Lipinski definition) is 2. The molecule has 0 radical (unpaired) electrons. The summed E-state index contributed by atoms with van der Waals surface area (Å²) in [7, 11) is 0. The molecular weight excluding hydrogens is 271 g/mol. The van der Waals surface area contributed by atoms with Gasteiger partial charge in [0, 0.05) is 0 Å². The fraction of sp³-hybridized carbons (Fsp3) is 0.0769. The number of aromatic carboxylic acids is 1. The second-order valence-electron chi connectivity index (χ2n) is 3.86. The van der Waals surface area contributed by atoms with E-state index in [0.29, 0.717) is 11.5 Å². The van der Waals surface area contributed by atoms with E-state index in [1.165, 1.54) is 24.3 Å². The lowest BCUT2D eigenvalue weighted by molar-refractivity contribution is 0.0695. The highest BCUT2D eigenvalue weighted by Crippen LogP contribution is 2.27. The standard InChI is InChI=1S/C13H10ClFN2O2/c1-7-8(13(18)19)5-6-11(16-7)17-12-9(14)3-2-4-10(12)15/h2-6H,1H3,(H,16,17)(H,18,19). The maximum atomic E-state index is 13.6. The van der Waals surface area contributed by atoms with Gasteiger partial charge in [-0.2, -0.15) is 0 Å². The second-order valence-corrected chi connectivity index (χ2v) is 4.26. The lowest BCUT2D eigenvalue weighted by Gasteiger charge is -2.10. The van der Waals surface area contributed by atoms with Crippen molar-refractivity contribution in [1.29, 1.82) is 0 Å². The van der Waals surface area contributed by atoms with Crippen molar-refractivity contribution in [2.75, 3.05) is 5.32 Å². The molecule has 1 heterocycles. The molecule has 0 fully saturated rings. The van der Waals surface area contributed by atoms with E-state index >= 15 is 0 Å². The summed E-state index contributed by atoms with van der Waals surface area (Å²) in [6, 6.07) is 7.17. The number of rotatable bonds is 3. The lowest BCUT2D eigenvalue weighted by Crippen LogP contribution is -2.04. The van der Waals surface area contributed by atoms with E-state index in [0.717, 1.165) is 0 Å². The molecule has 6 heteroatoms. The molecule has 0 spiro atoms. The fourth-order valence-electron chi connectivity index (χ4n) is 1.60. The van der Waals surface area contributed by atoms with Crippen molar-refractivity contribution in [2.45, 2.75) is 6.92 Å². The molecule has 0 aliphatic heterocycles. The summed E-state index contributed by atoms with van der Waals surface area (Å²) in [5.41, 5.74) is 0.550. The van der Waals surface area contributed by atoms with Gasteiger partial charge in [0.15, 0.2) is 0 Å². The first-order valence-electron chi connectivity index (χ1n) is 5.41. The van der Waals surface area contributed by atoms with Gasteiger partial charge in [-0.05, 0) is 31.2 Å². The van der Waals surface area contributed by atoms with E-state index in [-0.39, 0.29) is 16.3 Å². The second kappa shape index (κ2) is 5.24. The van der Waals surface area contributed by atoms with E-state index in [9.17, 15) is 9.18 Å². The number of aromatic nitrogens is 1. The molecule has 4 nitrogen and oxygen atoms in total. The molecule has 0 saturated carbocycles. The number of aryl methyl sites for hydroxylation is 1. The van der Waals surface area contributed by atoms with Crippen LogP contribution >= 0.6 is 11.6 Å². The highest BCUT2D eigenvalue weighted by atomic mass is 35.5. The van der Waals surface area contributed by atoms with Gasteiger partial charge in [-0.1, -0.05) is 17.7 Å². The van der Waals surface area contributed by atoms with Crippen molar-refractivity contribution < 1.29 is 14.3 Å². The Labute approximate surface area is 113 Å². The maximum Gasteiger partial charge on any atom is 0.337 e. The van der Waals surface area contributed by atoms with Crippen LogP contribution in [0.4, 0.5) is 15.9 Å². The van der Waals surface area contributed by atoms with Crippen molar-refractivity contribution in [1.82, 2.24) is 4.98 Å². The summed E-state index contributed by atoms with van der Waals surface area (Å²) in [6.07, 6.45) is 0. The quantitative estimate of drug-likeness (QED) is 0.901. The van der Waals surface area contributed by atoms with Crippen LogP contribution < -0.4 is 5.32 Å². The number of nitrogens with zero attached hydrogens (tertiary/aromatic N) is 1. The van der Waals surface area contributed by atoms with Crippen LogP contribution in [0.25, 0.3) is 0 Å². The number of carboxylic acid groups (broad SMARTS) is 1. The van der Waals surface area contributed by atoms with Crippen LogP contribution in [-0.2, 0) is 0 Å². The van der Waals surface area contributed by atoms with Gasteiger partial charge in [-0.15, -0.1) is 0 Å². The summed E-state index contributed by atoms with van der Waals surface area (Å²) >= 11 is 5.88. The van der Waals surface area contributed by atoms with Crippen molar-refractivity contribution in [3.63, 3.8) is 0 Å². The summed E-state index contributed by atoms with van der Waals surface area (Å²) in [5.74, 6) is -1.23. The van der Waals surface area contributed by atoms with Crippen molar-refractivity contribution in [3.05, 3.63) is 52.4 Å². The molecule has 0 amide bonds. The number of halogens is 2. The highest BCUT2D eigenvalue weighted by Gasteiger charge is 2.11. The molecule has 0 bridgehead atoms. The third-order valence-electron chi connectivity index (χ3n) is 2.53. The molecule has 1 aromatic carbocycles. The number of carbonyl (C=O) groups is 1. The van der Waals surface area contributed by atoms with Gasteiger partial charge in [-0.25, -0.2) is 14.2 Å². The molecule has 0 unspecified atom stereocenters. The molecule has 1 aromatic heterocycles. The third-order valence-corrected chi connectivity index (χ3v) is 2.85. The minimum absolute atomic E-state index is 0.102. The zero-order valence-corrected chi connectivity index (χ0v) is 10.7. The zero-order chi connectivity index (χ0) is 14.0. The topological polar surface area (TPSA) is 62.2 Å². The molecule has 0 aliphatic rings. The van der Waals surface area contributed by atoms with Crippen LogP contribution in [0.2, 0.25) is 5.02 Å². The molecule has 2 rings (SSSR count). The van der Waals surface area contributed by atoms with Gasteiger partial charge in [-0.3, -0.25) is 0 Å². The van der Waals surface area contributed by atoms with E-state index in [1.54, 1.807) is 13.0 Å². The molecule has 2 aromatic rings. The first kappa shape index (κ1) is 13.3. The molecule has 0 aliphatic carbocycles. The van der Waals surface area contributed by atoms with Crippen molar-refractivity contribution in [3.8, 4) is 0 Å². The van der Waals surface area contributed by atoms with Crippen LogP contribution in [0.15, 0.2) is 30.3 Å². The van der Waals surface area contributed by atoms with Crippen LogP contribution in [-0.4, -0.2) is 16.1 Å². The molecule has 0 atom stereocenters. The lowest BCUT2D eigenvalue weighted by atomic mass is 10.2. The van der Waals surface area contributed by atoms with E-state index < -0.39 is 11.8 Å². The highest BCUT2D eigenvalue weighted by molar-refractivity contribution is 6.33. The third kappa shape index (κ3) is 2.82. The fourth-order valence-corrected chi connectivity index (χ4v) is 1.81. The van der Waals surface area contributed by atoms with Gasteiger partial charge < -0.3 is 10.4 Å². The average molecular weight is 281 g/mol. The Morgan fingerprint density at radius 1 is 1.37 bits per heavy atom. The van der Waals surface area contributed by atoms with Crippen LogP contribution in [0.1, 0.15) is 16.1 Å². The molecule has 98 valence electrons. The van der Waals surface area contributed by atoms with Crippen molar-refractivity contribution in [2.24, 2.45) is 0 Å². The Kier molecular flexibility index (Phi) is 3.66. The number of carboxylic acids is 1. The van der Waals surface area contributed by atoms with Crippen LogP contribution in [0.3, 0.4) is 0 Å². The maximum absolute atomic E-state index is 13.6. The predicted molar refractivity (Wildman–Crippen MR) is 70.6 cm³/mol. The minimum Gasteiger partial charge on any atom is -0.478 e. The SMILES string of the molecule is Cc1nc(Nc2c(F)cccc2Cl)ccc1C(=O)O. The molecule has 2 N–H and O–H groups in total. The normalized spacial score (nSPS) is 10.3. The molecular formula is C13H10ClFN2O2. The summed E-state index contributed by atoms with van der Waals surface area (Å²) in [5, 5.41) is 11.9. The van der Waals surface area contributed by atoms with E-state index in [1.807, 2.05) is 0 Å². The number of nitrogens with one attached hydrogen (secondary N) is 1. The number of anilines is 2. The Bertz CT molecular complexity index is 626. The van der Waals surface area contributed by atoms with Gasteiger partial charge >= 0.3 is 5.97 Å². The number of benzene rings is 1. The molecule has 0 saturated heterocycles. The van der Waals surface area contributed by atoms with Crippen molar-refractivity contribution >= 4 is 29.1 Å². The number of pyridine rings is 1. The summed E-state index contributed by atoms with van der Waals surface area (Å²) in [4.78, 5) is 14.9. The Hall–Kier alpha value is -2.14. The first-order valence-corrected chi connectivity index (χ1v) is 5.79. The van der Waals surface area contributed by atoms with E-state index in [4.69, 9.17) is 16.7 Å². The zero-order valence-electron chi connectivity index (χ0n) is 9.95. The average Bonchev–Trinajstić information content (AvgIpc) is 2.33. The van der Waals surface area contributed by atoms with Gasteiger partial charge in [0.1, 0.15) is 11.6 Å². The number of para-hydroxylation sites is 1. The monoisotopic (exact) mass is 280 g/mol.